The van der Waals surface area contributed by atoms with E-state index in [9.17, 15) is 34.8 Å². The predicted octanol–water partition coefficient (Wildman–Crippen LogP) is -0.198. The lowest BCUT2D eigenvalue weighted by atomic mass is 10.1. The van der Waals surface area contributed by atoms with Gasteiger partial charge in [0.1, 0.15) is 0 Å². The number of carbonyl (C=O) groups is 2. The van der Waals surface area contributed by atoms with Gasteiger partial charge in [0.05, 0.1) is 6.26 Å². The number of halogens is 6. The summed E-state index contributed by atoms with van der Waals surface area (Å²) >= 11 is 0. The fourth-order valence-electron chi connectivity index (χ4n) is 1.93. The number of alkyl halides is 6. The zero-order valence-corrected chi connectivity index (χ0v) is 15.2. The fourth-order valence-corrected chi connectivity index (χ4v) is 2.76. The van der Waals surface area contributed by atoms with E-state index in [4.69, 9.17) is 19.8 Å². The summed E-state index contributed by atoms with van der Waals surface area (Å²) in [5, 5.41) is 17.5. The van der Waals surface area contributed by atoms with Crippen molar-refractivity contribution in [2.45, 2.75) is 18.4 Å². The predicted molar refractivity (Wildman–Crippen MR) is 82.0 cm³/mol. The molecule has 2 aliphatic rings. The molecule has 2 saturated heterocycles. The van der Waals surface area contributed by atoms with E-state index >= 15 is 0 Å². The van der Waals surface area contributed by atoms with Crippen LogP contribution in [0.1, 0.15) is 0 Å². The molecule has 166 valence electrons. The van der Waals surface area contributed by atoms with Crippen molar-refractivity contribution in [1.29, 1.82) is 0 Å². The molecule has 2 heterocycles. The highest BCUT2D eigenvalue weighted by molar-refractivity contribution is 7.88. The van der Waals surface area contributed by atoms with Gasteiger partial charge in [-0.1, -0.05) is 0 Å². The van der Waals surface area contributed by atoms with Crippen molar-refractivity contribution in [1.82, 2.24) is 14.5 Å². The van der Waals surface area contributed by atoms with Gasteiger partial charge in [-0.05, 0) is 0 Å². The molecule has 0 unspecified atom stereocenters. The summed E-state index contributed by atoms with van der Waals surface area (Å²) in [6.07, 6.45) is -8.88. The molecule has 2 aliphatic heterocycles. The normalized spacial score (nSPS) is 19.4. The minimum atomic E-state index is -5.08. The Morgan fingerprint density at radius 3 is 1.39 bits per heavy atom. The molecule has 0 aromatic carbocycles. The number of hydrogen-bond donors (Lipinski definition) is 3. The number of rotatable bonds is 2. The molecular formula is C12H19F6N3O6S. The monoisotopic (exact) mass is 447 g/mol. The van der Waals surface area contributed by atoms with Crippen LogP contribution in [0.3, 0.4) is 0 Å². The van der Waals surface area contributed by atoms with Gasteiger partial charge >= 0.3 is 24.3 Å². The number of aliphatic carboxylic acids is 2. The Balaban J connectivity index is 0.000000444. The summed E-state index contributed by atoms with van der Waals surface area (Å²) in [6.45, 7) is 5.15. The van der Waals surface area contributed by atoms with Gasteiger partial charge in [-0.25, -0.2) is 18.0 Å². The zero-order chi connectivity index (χ0) is 22.3. The minimum Gasteiger partial charge on any atom is -0.475 e. The first-order valence-corrected chi connectivity index (χ1v) is 9.31. The third-order valence-corrected chi connectivity index (χ3v) is 4.81. The van der Waals surface area contributed by atoms with Crippen LogP contribution in [0, 0.1) is 0 Å². The van der Waals surface area contributed by atoms with Gasteiger partial charge in [0, 0.05) is 45.3 Å². The molecule has 28 heavy (non-hydrogen) atoms. The molecule has 0 atom stereocenters. The molecule has 2 fully saturated rings. The Hall–Kier alpha value is -1.65. The lowest BCUT2D eigenvalue weighted by molar-refractivity contribution is -0.193. The number of hydrogen-bond acceptors (Lipinski definition) is 6. The maximum absolute atomic E-state index is 11.2. The van der Waals surface area contributed by atoms with Crippen LogP contribution in [-0.2, 0) is 19.6 Å². The van der Waals surface area contributed by atoms with Crippen molar-refractivity contribution >= 4 is 22.0 Å². The summed E-state index contributed by atoms with van der Waals surface area (Å²) in [7, 11) is -2.97. The standard InChI is InChI=1S/C8H17N3O2S.2C2HF3O2/c1-14(12,13)11-4-2-10(3-5-11)8-6-9-7-8;2*3-2(4,5)1(6)7/h8-9H,2-7H2,1H3;2*(H,6,7). The molecule has 16 heteroatoms. The summed E-state index contributed by atoms with van der Waals surface area (Å²) in [5.74, 6) is -5.51. The maximum atomic E-state index is 11.2. The van der Waals surface area contributed by atoms with E-state index in [1.165, 1.54) is 6.26 Å². The fraction of sp³-hybridized carbons (Fsp3) is 0.833. The molecule has 0 radical (unpaired) electrons. The molecule has 2 rings (SSSR count). The number of piperazine rings is 1. The van der Waals surface area contributed by atoms with Crippen molar-refractivity contribution in [3.8, 4) is 0 Å². The largest absolute Gasteiger partial charge is 0.490 e. The van der Waals surface area contributed by atoms with Crippen LogP contribution in [-0.4, -0.2) is 104 Å². The highest BCUT2D eigenvalue weighted by atomic mass is 32.2. The van der Waals surface area contributed by atoms with Crippen LogP contribution < -0.4 is 5.32 Å². The number of nitrogens with one attached hydrogen (secondary N) is 1. The van der Waals surface area contributed by atoms with Crippen molar-refractivity contribution in [3.05, 3.63) is 0 Å². The van der Waals surface area contributed by atoms with E-state index in [0.29, 0.717) is 19.1 Å². The van der Waals surface area contributed by atoms with Gasteiger partial charge < -0.3 is 15.5 Å². The Labute approximate surface area is 155 Å². The Kier molecular flexibility index (Phi) is 9.62. The highest BCUT2D eigenvalue weighted by Crippen LogP contribution is 2.14. The lowest BCUT2D eigenvalue weighted by Crippen LogP contribution is -2.61. The maximum Gasteiger partial charge on any atom is 0.490 e. The smallest absolute Gasteiger partial charge is 0.475 e. The second-order valence-corrected chi connectivity index (χ2v) is 7.60. The third kappa shape index (κ3) is 10.0. The molecule has 0 spiro atoms. The van der Waals surface area contributed by atoms with Gasteiger partial charge in [-0.2, -0.15) is 30.6 Å². The first-order chi connectivity index (χ1) is 12.5. The van der Waals surface area contributed by atoms with Crippen molar-refractivity contribution in [3.63, 3.8) is 0 Å². The van der Waals surface area contributed by atoms with E-state index in [2.05, 4.69) is 10.2 Å². The van der Waals surface area contributed by atoms with Crippen LogP contribution in [0.5, 0.6) is 0 Å². The molecule has 3 N–H and O–H groups in total. The quantitative estimate of drug-likeness (QED) is 0.497. The van der Waals surface area contributed by atoms with Crippen LogP contribution >= 0.6 is 0 Å². The van der Waals surface area contributed by atoms with Gasteiger partial charge in [-0.3, -0.25) is 4.90 Å². The number of nitrogens with zero attached hydrogens (tertiary/aromatic N) is 2. The molecule has 0 saturated carbocycles. The van der Waals surface area contributed by atoms with Gasteiger partial charge in [-0.15, -0.1) is 0 Å². The molecular weight excluding hydrogens is 428 g/mol. The Morgan fingerprint density at radius 2 is 1.21 bits per heavy atom. The summed E-state index contributed by atoms with van der Waals surface area (Å²) < 4.78 is 87.5. The molecule has 0 amide bonds. The van der Waals surface area contributed by atoms with Gasteiger partial charge in [0.25, 0.3) is 0 Å². The number of sulfonamides is 1. The topological polar surface area (TPSA) is 127 Å². The van der Waals surface area contributed by atoms with Crippen LogP contribution in [0.2, 0.25) is 0 Å². The Bertz CT molecular complexity index is 603. The first-order valence-electron chi connectivity index (χ1n) is 7.46. The summed E-state index contributed by atoms with van der Waals surface area (Å²) in [6, 6.07) is 0.636. The molecule has 9 nitrogen and oxygen atoms in total. The second-order valence-electron chi connectivity index (χ2n) is 5.62. The Morgan fingerprint density at radius 1 is 0.893 bits per heavy atom. The molecule has 0 aromatic heterocycles. The minimum absolute atomic E-state index is 0.636. The number of carboxylic acids is 2. The van der Waals surface area contributed by atoms with Gasteiger partial charge in [0.15, 0.2) is 0 Å². The molecule has 0 aromatic rings. The zero-order valence-electron chi connectivity index (χ0n) is 14.4. The SMILES string of the molecule is CS(=O)(=O)N1CCN(C2CNC2)CC1.O=C(O)C(F)(F)F.O=C(O)C(F)(F)F. The van der Waals surface area contributed by atoms with Gasteiger partial charge in [0.2, 0.25) is 10.0 Å². The van der Waals surface area contributed by atoms with E-state index < -0.39 is 34.3 Å². The second kappa shape index (κ2) is 10.2. The number of carboxylic acid groups (broad SMARTS) is 2. The van der Waals surface area contributed by atoms with E-state index in [-0.39, 0.29) is 0 Å². The molecule has 0 aliphatic carbocycles. The lowest BCUT2D eigenvalue weighted by Gasteiger charge is -2.42. The average Bonchev–Trinajstić information content (AvgIpc) is 2.44. The molecule has 0 bridgehead atoms. The van der Waals surface area contributed by atoms with E-state index in [1.807, 2.05) is 0 Å². The first kappa shape index (κ1) is 26.4. The van der Waals surface area contributed by atoms with Crippen molar-refractivity contribution in [2.24, 2.45) is 0 Å². The van der Waals surface area contributed by atoms with E-state index in [1.54, 1.807) is 4.31 Å². The average molecular weight is 447 g/mol. The van der Waals surface area contributed by atoms with Crippen molar-refractivity contribution in [2.75, 3.05) is 45.5 Å². The van der Waals surface area contributed by atoms with Crippen LogP contribution in [0.4, 0.5) is 26.3 Å². The third-order valence-electron chi connectivity index (χ3n) is 3.50. The van der Waals surface area contributed by atoms with Crippen LogP contribution in [0.15, 0.2) is 0 Å². The summed E-state index contributed by atoms with van der Waals surface area (Å²) in [4.78, 5) is 20.2. The summed E-state index contributed by atoms with van der Waals surface area (Å²) in [5.41, 5.74) is 0. The van der Waals surface area contributed by atoms with Crippen LogP contribution in [0.25, 0.3) is 0 Å². The van der Waals surface area contributed by atoms with E-state index in [0.717, 1.165) is 26.2 Å². The van der Waals surface area contributed by atoms with Crippen molar-refractivity contribution < 1.29 is 54.6 Å². The highest BCUT2D eigenvalue weighted by Gasteiger charge is 2.38.